The van der Waals surface area contributed by atoms with Gasteiger partial charge in [-0.3, -0.25) is 20.2 Å². The minimum atomic E-state index is -0.442. The number of benzene rings is 2. The largest absolute Gasteiger partial charge is 0.365 e. The molecule has 2 bridgehead atoms. The van der Waals surface area contributed by atoms with Gasteiger partial charge >= 0.3 is 5.70 Å². The molecule has 4 heterocycles. The Morgan fingerprint density at radius 3 is 1.96 bits per heavy atom. The number of nitrogens with one attached hydrogen (secondary N) is 1. The summed E-state index contributed by atoms with van der Waals surface area (Å²) in [5, 5.41) is 26.3. The van der Waals surface area contributed by atoms with E-state index in [0.717, 1.165) is 74.7 Å². The Labute approximate surface area is 270 Å². The molecule has 3 fully saturated rings. The topological polar surface area (TPSA) is 151 Å². The van der Waals surface area contributed by atoms with Crippen molar-refractivity contribution >= 4 is 35.8 Å². The summed E-state index contributed by atoms with van der Waals surface area (Å²) in [6.07, 6.45) is 4.42. The second-order valence-electron chi connectivity index (χ2n) is 10.5. The van der Waals surface area contributed by atoms with Gasteiger partial charge in [-0.1, -0.05) is 47.5 Å². The van der Waals surface area contributed by atoms with Crippen molar-refractivity contribution in [3.8, 4) is 0 Å². The summed E-state index contributed by atoms with van der Waals surface area (Å²) in [6.45, 7) is 4.35. The SMILES string of the molecule is O=CCCC=O.O=[N+]([O-])/C=C1\NCCN1Cc1ccc(Cl)cc1.O=[N+]([O-])C1=C2N(Cc3ccc(Cl)cc3)CCN2[C@@H]2CC[C@H]1O2. The summed E-state index contributed by atoms with van der Waals surface area (Å²) in [5.74, 6) is 1.31. The normalized spacial score (nSPS) is 20.5. The number of ether oxygens (including phenoxy) is 1. The molecule has 0 aliphatic carbocycles. The molecule has 2 aromatic rings. The fraction of sp³-hybridized carbons (Fsp3) is 0.400. The van der Waals surface area contributed by atoms with Crippen molar-refractivity contribution < 1.29 is 24.2 Å². The maximum Gasteiger partial charge on any atom is 0.314 e. The Hall–Kier alpha value is -4.20. The molecule has 3 saturated heterocycles. The second-order valence-corrected chi connectivity index (χ2v) is 11.4. The molecule has 13 nitrogen and oxygen atoms in total. The molecule has 2 aromatic carbocycles. The van der Waals surface area contributed by atoms with Crippen molar-refractivity contribution in [3.05, 3.63) is 113 Å². The van der Waals surface area contributed by atoms with Gasteiger partial charge in [0.25, 0.3) is 6.20 Å². The summed E-state index contributed by atoms with van der Waals surface area (Å²) < 4.78 is 5.78. The van der Waals surface area contributed by atoms with Crippen LogP contribution in [0.1, 0.15) is 36.8 Å². The first-order valence-corrected chi connectivity index (χ1v) is 15.2. The molecule has 4 aliphatic heterocycles. The second kappa shape index (κ2) is 16.2. The Morgan fingerprint density at radius 2 is 1.42 bits per heavy atom. The monoisotopic (exact) mass is 660 g/mol. The number of nitrogens with zero attached hydrogens (tertiary/aromatic N) is 5. The van der Waals surface area contributed by atoms with Gasteiger partial charge in [-0.05, 0) is 48.2 Å². The number of carbonyl (C=O) groups excluding carboxylic acids is 2. The van der Waals surface area contributed by atoms with Gasteiger partial charge in [-0.15, -0.1) is 0 Å². The van der Waals surface area contributed by atoms with Crippen LogP contribution in [0.3, 0.4) is 0 Å². The maximum atomic E-state index is 11.5. The number of fused-ring (bicyclic) bond motifs is 4. The molecular formula is C30H34Cl2N6O7. The van der Waals surface area contributed by atoms with E-state index in [-0.39, 0.29) is 23.0 Å². The van der Waals surface area contributed by atoms with Crippen molar-refractivity contribution in [2.45, 2.75) is 51.1 Å². The number of carbonyl (C=O) groups is 2. The predicted molar refractivity (Wildman–Crippen MR) is 167 cm³/mol. The number of halogens is 2. The van der Waals surface area contributed by atoms with Crippen molar-refractivity contribution in [2.24, 2.45) is 0 Å². The lowest BCUT2D eigenvalue weighted by Crippen LogP contribution is -2.41. The van der Waals surface area contributed by atoms with E-state index < -0.39 is 4.92 Å². The number of unbranched alkanes of at least 4 members (excludes halogenated alkanes) is 1. The fourth-order valence-corrected chi connectivity index (χ4v) is 5.71. The molecule has 0 aromatic heterocycles. The third kappa shape index (κ3) is 9.16. The van der Waals surface area contributed by atoms with Crippen LogP contribution in [-0.2, 0) is 27.4 Å². The van der Waals surface area contributed by atoms with Gasteiger partial charge < -0.3 is 34.3 Å². The molecule has 2 atom stereocenters. The van der Waals surface area contributed by atoms with Gasteiger partial charge in [0, 0.05) is 62.2 Å². The minimum absolute atomic E-state index is 0.00100. The van der Waals surface area contributed by atoms with Crippen LogP contribution in [0.5, 0.6) is 0 Å². The molecule has 0 radical (unpaired) electrons. The lowest BCUT2D eigenvalue weighted by Gasteiger charge is -2.32. The molecule has 240 valence electrons. The van der Waals surface area contributed by atoms with Crippen LogP contribution in [0.2, 0.25) is 10.0 Å². The summed E-state index contributed by atoms with van der Waals surface area (Å²) in [5.41, 5.74) is 2.40. The van der Waals surface area contributed by atoms with Crippen molar-refractivity contribution in [2.75, 3.05) is 26.2 Å². The summed E-state index contributed by atoms with van der Waals surface area (Å²) in [6, 6.07) is 15.1. The Balaban J connectivity index is 0.000000178. The van der Waals surface area contributed by atoms with Crippen molar-refractivity contribution in [3.63, 3.8) is 0 Å². The molecule has 0 spiro atoms. The zero-order chi connectivity index (χ0) is 32.3. The molecule has 6 rings (SSSR count). The van der Waals surface area contributed by atoms with E-state index in [9.17, 15) is 29.8 Å². The van der Waals surface area contributed by atoms with Crippen LogP contribution in [0, 0.1) is 20.2 Å². The number of rotatable bonds is 9. The Bertz CT molecular complexity index is 1410. The van der Waals surface area contributed by atoms with E-state index in [1.54, 1.807) is 0 Å². The highest BCUT2D eigenvalue weighted by Gasteiger charge is 2.50. The van der Waals surface area contributed by atoms with E-state index in [1.807, 2.05) is 53.4 Å². The maximum absolute atomic E-state index is 11.5. The van der Waals surface area contributed by atoms with Crippen LogP contribution >= 0.6 is 23.2 Å². The zero-order valence-electron chi connectivity index (χ0n) is 24.4. The number of hydrogen-bond acceptors (Lipinski definition) is 11. The van der Waals surface area contributed by atoms with Crippen LogP contribution in [0.4, 0.5) is 0 Å². The van der Waals surface area contributed by atoms with Crippen LogP contribution in [0.15, 0.2) is 72.1 Å². The first-order valence-electron chi connectivity index (χ1n) is 14.5. The average Bonchev–Trinajstić information content (AvgIpc) is 3.75. The molecule has 1 N–H and O–H groups in total. The van der Waals surface area contributed by atoms with Gasteiger partial charge in [0.1, 0.15) is 18.8 Å². The Kier molecular flexibility index (Phi) is 12.1. The highest BCUT2D eigenvalue weighted by Crippen LogP contribution is 2.41. The number of hydrogen-bond donors (Lipinski definition) is 1. The van der Waals surface area contributed by atoms with Gasteiger partial charge in [0.2, 0.25) is 0 Å². The number of aldehydes is 2. The standard InChI is InChI=1S/C15H16ClN3O3.C11H12ClN3O2.C4H6O2/c16-11-3-1-10(2-4-11)9-17-7-8-18-13-6-5-12(22-13)14(15(17)18)19(20)21;12-10-3-1-9(2-4-10)7-14-6-5-13-11(14)8-15(16)17;5-3-1-2-4-6/h1-4,12-13H,5-9H2;1-4,8,13H,5-7H2;3-4H,1-2H2/b;11-8+;/t12-,13+;;/m1../s1. The molecular weight excluding hydrogens is 627 g/mol. The molecule has 4 aliphatic rings. The van der Waals surface area contributed by atoms with Gasteiger partial charge in [-0.2, -0.15) is 0 Å². The first kappa shape index (κ1) is 33.7. The van der Waals surface area contributed by atoms with Crippen molar-refractivity contribution in [1.82, 2.24) is 20.0 Å². The van der Waals surface area contributed by atoms with Crippen LogP contribution in [0.25, 0.3) is 0 Å². The number of nitro groups is 2. The average molecular weight is 662 g/mol. The fourth-order valence-electron chi connectivity index (χ4n) is 5.46. The smallest absolute Gasteiger partial charge is 0.314 e. The predicted octanol–water partition coefficient (Wildman–Crippen LogP) is 4.41. The Morgan fingerprint density at radius 1 is 0.844 bits per heavy atom. The summed E-state index contributed by atoms with van der Waals surface area (Å²) in [7, 11) is 0. The van der Waals surface area contributed by atoms with Crippen LogP contribution in [-0.4, -0.2) is 75.6 Å². The van der Waals surface area contributed by atoms with E-state index in [1.165, 1.54) is 0 Å². The quantitative estimate of drug-likeness (QED) is 0.176. The minimum Gasteiger partial charge on any atom is -0.365 e. The molecule has 45 heavy (non-hydrogen) atoms. The van der Waals surface area contributed by atoms with E-state index in [4.69, 9.17) is 27.9 Å². The third-order valence-corrected chi connectivity index (χ3v) is 7.99. The lowest BCUT2D eigenvalue weighted by atomic mass is 10.2. The van der Waals surface area contributed by atoms with E-state index in [0.29, 0.717) is 41.8 Å². The summed E-state index contributed by atoms with van der Waals surface area (Å²) >= 11 is 11.7. The van der Waals surface area contributed by atoms with Gasteiger partial charge in [-0.25, -0.2) is 0 Å². The molecule has 0 unspecified atom stereocenters. The van der Waals surface area contributed by atoms with Crippen molar-refractivity contribution in [1.29, 1.82) is 0 Å². The lowest BCUT2D eigenvalue weighted by molar-refractivity contribution is -0.443. The highest BCUT2D eigenvalue weighted by atomic mass is 35.5. The third-order valence-electron chi connectivity index (χ3n) is 7.49. The molecule has 0 saturated carbocycles. The highest BCUT2D eigenvalue weighted by molar-refractivity contribution is 6.30. The van der Waals surface area contributed by atoms with E-state index in [2.05, 4.69) is 15.1 Å². The summed E-state index contributed by atoms with van der Waals surface area (Å²) in [4.78, 5) is 46.1. The van der Waals surface area contributed by atoms with Gasteiger partial charge in [0.15, 0.2) is 17.7 Å². The zero-order valence-corrected chi connectivity index (χ0v) is 25.9. The van der Waals surface area contributed by atoms with E-state index >= 15 is 0 Å². The molecule has 0 amide bonds. The first-order chi connectivity index (χ1) is 21.7. The van der Waals surface area contributed by atoms with Gasteiger partial charge in [0.05, 0.1) is 9.85 Å². The molecule has 15 heteroatoms. The van der Waals surface area contributed by atoms with Crippen LogP contribution < -0.4 is 5.32 Å².